The van der Waals surface area contributed by atoms with Crippen LogP contribution in [-0.2, 0) is 33.3 Å². The molecule has 0 bridgehead atoms. The van der Waals surface area contributed by atoms with Gasteiger partial charge in [0.2, 0.25) is 27.7 Å². The second-order valence-electron chi connectivity index (χ2n) is 9.56. The molecule has 0 aliphatic carbocycles. The Hall–Kier alpha value is -4.02. The molecule has 1 heterocycles. The maximum atomic E-state index is 12.4. The van der Waals surface area contributed by atoms with Gasteiger partial charge in [0.05, 0.1) is 17.5 Å². The lowest BCUT2D eigenvalue weighted by Crippen LogP contribution is -2.35. The van der Waals surface area contributed by atoms with E-state index in [-0.39, 0.29) is 17.7 Å². The molecule has 0 radical (unpaired) electrons. The van der Waals surface area contributed by atoms with E-state index < -0.39 is 15.6 Å². The van der Waals surface area contributed by atoms with E-state index in [0.717, 1.165) is 28.5 Å². The number of carbonyl (C=O) groups is 1. The first-order chi connectivity index (χ1) is 17.9. The Bertz CT molecular complexity index is 1550. The number of rotatable bonds is 9. The number of hydrogen-bond donors (Lipinski definition) is 2. The summed E-state index contributed by atoms with van der Waals surface area (Å²) >= 11 is 0. The van der Waals surface area contributed by atoms with E-state index in [2.05, 4.69) is 15.5 Å². The van der Waals surface area contributed by atoms with Gasteiger partial charge in [0.15, 0.2) is 0 Å². The molecule has 1 atom stereocenters. The minimum Gasteiger partial charge on any atom is -0.419 e. The van der Waals surface area contributed by atoms with Crippen molar-refractivity contribution in [3.8, 4) is 22.6 Å². The summed E-state index contributed by atoms with van der Waals surface area (Å²) in [6, 6.07) is 22.7. The number of nitrogens with two attached hydrogens (primary N) is 1. The fraction of sp³-hybridized carbons (Fsp3) is 0.250. The second-order valence-corrected chi connectivity index (χ2v) is 11.6. The Labute approximate surface area is 222 Å². The highest BCUT2D eigenvalue weighted by Crippen LogP contribution is 2.34. The quantitative estimate of drug-likeness (QED) is 0.334. The van der Waals surface area contributed by atoms with Crippen LogP contribution >= 0.6 is 0 Å². The average molecular weight is 534 g/mol. The molecule has 9 nitrogen and oxygen atoms in total. The molecule has 3 N–H and O–H groups in total. The van der Waals surface area contributed by atoms with Crippen LogP contribution in [0.2, 0.25) is 0 Å². The van der Waals surface area contributed by atoms with Gasteiger partial charge in [0.25, 0.3) is 0 Å². The van der Waals surface area contributed by atoms with Crippen LogP contribution in [0.1, 0.15) is 30.9 Å². The van der Waals surface area contributed by atoms with E-state index in [1.165, 1.54) is 18.3 Å². The smallest absolute Gasteiger partial charge is 0.247 e. The molecule has 0 aliphatic heterocycles. The van der Waals surface area contributed by atoms with Gasteiger partial charge in [0, 0.05) is 26.1 Å². The number of amides is 1. The molecule has 0 saturated heterocycles. The van der Waals surface area contributed by atoms with Gasteiger partial charge in [-0.3, -0.25) is 9.10 Å². The summed E-state index contributed by atoms with van der Waals surface area (Å²) in [4.78, 5) is 11.5. The third-order valence-electron chi connectivity index (χ3n) is 6.21. The van der Waals surface area contributed by atoms with E-state index in [9.17, 15) is 13.2 Å². The molecule has 1 aromatic heterocycles. The van der Waals surface area contributed by atoms with Gasteiger partial charge >= 0.3 is 0 Å². The molecule has 4 aromatic rings. The first kappa shape index (κ1) is 27.0. The number of sulfonamides is 1. The van der Waals surface area contributed by atoms with Crippen molar-refractivity contribution in [2.75, 3.05) is 17.6 Å². The molecule has 0 unspecified atom stereocenters. The van der Waals surface area contributed by atoms with Crippen molar-refractivity contribution in [3.05, 3.63) is 89.8 Å². The van der Waals surface area contributed by atoms with Gasteiger partial charge in [-0.2, -0.15) is 0 Å². The third kappa shape index (κ3) is 6.27. The van der Waals surface area contributed by atoms with Crippen LogP contribution in [0, 0.1) is 0 Å². The molecular weight excluding hydrogens is 502 g/mol. The highest BCUT2D eigenvalue weighted by atomic mass is 32.2. The molecule has 3 aromatic carbocycles. The van der Waals surface area contributed by atoms with E-state index in [0.29, 0.717) is 24.2 Å². The van der Waals surface area contributed by atoms with E-state index in [4.69, 9.17) is 10.2 Å². The summed E-state index contributed by atoms with van der Waals surface area (Å²) in [5.74, 6) is 0.338. The fourth-order valence-corrected chi connectivity index (χ4v) is 4.59. The van der Waals surface area contributed by atoms with Crippen LogP contribution in [0.5, 0.6) is 0 Å². The van der Waals surface area contributed by atoms with Crippen molar-refractivity contribution in [2.45, 2.75) is 32.4 Å². The lowest BCUT2D eigenvalue weighted by Gasteiger charge is -2.20. The molecule has 38 heavy (non-hydrogen) atoms. The summed E-state index contributed by atoms with van der Waals surface area (Å²) in [5.41, 5.74) is 10.1. The van der Waals surface area contributed by atoms with E-state index in [1.54, 1.807) is 12.1 Å². The molecule has 1 amide bonds. The highest BCUT2D eigenvalue weighted by molar-refractivity contribution is 7.92. The van der Waals surface area contributed by atoms with Crippen LogP contribution in [0.25, 0.3) is 22.6 Å². The Morgan fingerprint density at radius 3 is 2.37 bits per heavy atom. The van der Waals surface area contributed by atoms with Crippen LogP contribution in [-0.4, -0.2) is 37.8 Å². The van der Waals surface area contributed by atoms with Crippen LogP contribution in [0.3, 0.4) is 0 Å². The average Bonchev–Trinajstić information content (AvgIpc) is 3.38. The maximum Gasteiger partial charge on any atom is 0.247 e. The lowest BCUT2D eigenvalue weighted by molar-refractivity contribution is -0.119. The fourth-order valence-electron chi connectivity index (χ4n) is 4.11. The van der Waals surface area contributed by atoms with Crippen molar-refractivity contribution in [1.29, 1.82) is 0 Å². The topological polar surface area (TPSA) is 131 Å². The van der Waals surface area contributed by atoms with Gasteiger partial charge in [-0.05, 0) is 53.8 Å². The summed E-state index contributed by atoms with van der Waals surface area (Å²) in [5, 5.41) is 11.3. The zero-order chi connectivity index (χ0) is 27.5. The normalized spacial score (nSPS) is 13.1. The van der Waals surface area contributed by atoms with Gasteiger partial charge in [-0.1, -0.05) is 54.6 Å². The predicted octanol–water partition coefficient (Wildman–Crippen LogP) is 3.85. The van der Waals surface area contributed by atoms with Crippen molar-refractivity contribution >= 4 is 21.6 Å². The Balaban J connectivity index is 1.78. The minimum atomic E-state index is -3.55. The van der Waals surface area contributed by atoms with Crippen molar-refractivity contribution in [3.63, 3.8) is 0 Å². The summed E-state index contributed by atoms with van der Waals surface area (Å²) in [6.07, 6.45) is 1.63. The number of anilines is 1. The van der Waals surface area contributed by atoms with E-state index in [1.807, 2.05) is 67.6 Å². The molecule has 198 valence electrons. The number of benzene rings is 3. The number of hydrogen-bond acceptors (Lipinski definition) is 7. The summed E-state index contributed by atoms with van der Waals surface area (Å²) < 4.78 is 32.0. The molecule has 0 fully saturated rings. The van der Waals surface area contributed by atoms with Gasteiger partial charge in [-0.15, -0.1) is 10.2 Å². The lowest BCUT2D eigenvalue weighted by atomic mass is 9.94. The second kappa shape index (κ2) is 10.8. The molecule has 0 aliphatic rings. The summed E-state index contributed by atoms with van der Waals surface area (Å²) in [7, 11) is -2.06. The van der Waals surface area contributed by atoms with Crippen LogP contribution in [0.15, 0.2) is 77.2 Å². The first-order valence-corrected chi connectivity index (χ1v) is 13.9. The highest BCUT2D eigenvalue weighted by Gasteiger charge is 2.29. The minimum absolute atomic E-state index is 0.148. The number of nitrogens with one attached hydrogen (secondary N) is 1. The SMILES string of the molecule is CC(=O)NCc1ccccc1-c1cc(-c2nnc([C@](C)(N)Cc3ccccc3)o2)cc(N(C)S(C)(=O)=O)c1. The van der Waals surface area contributed by atoms with Crippen LogP contribution in [0.4, 0.5) is 5.69 Å². The van der Waals surface area contributed by atoms with E-state index >= 15 is 0 Å². The zero-order valence-corrected chi connectivity index (χ0v) is 22.6. The van der Waals surface area contributed by atoms with Crippen molar-refractivity contribution in [2.24, 2.45) is 5.73 Å². The zero-order valence-electron chi connectivity index (χ0n) is 21.8. The number of aromatic nitrogens is 2. The first-order valence-electron chi connectivity index (χ1n) is 12.0. The Morgan fingerprint density at radius 1 is 1.03 bits per heavy atom. The molecular formula is C28H31N5O4S. The Kier molecular flexibility index (Phi) is 7.66. The molecule has 10 heteroatoms. The third-order valence-corrected chi connectivity index (χ3v) is 7.42. The van der Waals surface area contributed by atoms with Gasteiger partial charge < -0.3 is 15.5 Å². The van der Waals surface area contributed by atoms with Crippen LogP contribution < -0.4 is 15.4 Å². The molecule has 0 spiro atoms. The van der Waals surface area contributed by atoms with Crippen molar-refractivity contribution < 1.29 is 17.6 Å². The van der Waals surface area contributed by atoms with Gasteiger partial charge in [0.1, 0.15) is 0 Å². The maximum absolute atomic E-state index is 12.4. The largest absolute Gasteiger partial charge is 0.419 e. The number of carbonyl (C=O) groups excluding carboxylic acids is 1. The standard InChI is InChI=1S/C28H31N5O4S/c1-19(34)30-18-21-12-8-9-13-25(21)22-14-23(16-24(15-22)33(3)38(4,35)36)26-31-32-27(37-26)28(2,29)17-20-10-6-5-7-11-20/h5-16H,17-18,29H2,1-4H3,(H,30,34)/t28-/m1/s1. The van der Waals surface area contributed by atoms with Gasteiger partial charge in [-0.25, -0.2) is 8.42 Å². The Morgan fingerprint density at radius 2 is 1.68 bits per heavy atom. The summed E-state index contributed by atoms with van der Waals surface area (Å²) in [6.45, 7) is 3.61. The predicted molar refractivity (Wildman–Crippen MR) is 148 cm³/mol. The monoisotopic (exact) mass is 533 g/mol. The molecule has 0 saturated carbocycles. The number of nitrogens with zero attached hydrogens (tertiary/aromatic N) is 3. The molecule has 4 rings (SSSR count). The van der Waals surface area contributed by atoms with Crippen molar-refractivity contribution in [1.82, 2.24) is 15.5 Å².